The predicted molar refractivity (Wildman–Crippen MR) is 103 cm³/mol. The average Bonchev–Trinajstić information content (AvgIpc) is 3.29. The summed E-state index contributed by atoms with van der Waals surface area (Å²) in [6.07, 6.45) is 6.10. The fourth-order valence-corrected chi connectivity index (χ4v) is 3.77. The topological polar surface area (TPSA) is 69.0 Å². The maximum absolute atomic E-state index is 13.1. The van der Waals surface area contributed by atoms with E-state index in [1.807, 2.05) is 11.6 Å². The Labute approximate surface area is 162 Å². The van der Waals surface area contributed by atoms with Crippen molar-refractivity contribution in [1.82, 2.24) is 20.1 Å². The van der Waals surface area contributed by atoms with Crippen LogP contribution in [0.25, 0.3) is 6.08 Å². The van der Waals surface area contributed by atoms with E-state index in [2.05, 4.69) is 15.5 Å². The van der Waals surface area contributed by atoms with Gasteiger partial charge < -0.3 is 14.6 Å². The van der Waals surface area contributed by atoms with Crippen molar-refractivity contribution in [2.45, 2.75) is 30.5 Å². The summed E-state index contributed by atoms with van der Waals surface area (Å²) >= 11 is 1.65. The van der Waals surface area contributed by atoms with Crippen molar-refractivity contribution in [3.05, 3.63) is 47.5 Å². The molecule has 8 heteroatoms. The number of hydrogen-bond acceptors (Lipinski definition) is 5. The predicted octanol–water partition coefficient (Wildman–Crippen LogP) is 2.60. The van der Waals surface area contributed by atoms with Gasteiger partial charge in [-0.1, -0.05) is 23.9 Å². The molecule has 0 saturated carbocycles. The molecular weight excluding hydrogens is 367 g/mol. The summed E-state index contributed by atoms with van der Waals surface area (Å²) in [4.78, 5) is 11.9. The summed E-state index contributed by atoms with van der Waals surface area (Å²) in [6, 6.07) is 6.09. The fourth-order valence-electron chi connectivity index (χ4n) is 2.77. The van der Waals surface area contributed by atoms with Crippen molar-refractivity contribution in [2.24, 2.45) is 7.05 Å². The molecule has 1 aromatic carbocycles. The lowest BCUT2D eigenvalue weighted by Crippen LogP contribution is -2.24. The second kappa shape index (κ2) is 9.66. The molecule has 0 radical (unpaired) electrons. The van der Waals surface area contributed by atoms with Crippen molar-refractivity contribution in [1.29, 1.82) is 0 Å². The number of rotatable bonds is 8. The van der Waals surface area contributed by atoms with E-state index >= 15 is 0 Å². The lowest BCUT2D eigenvalue weighted by atomic mass is 10.2. The summed E-state index contributed by atoms with van der Waals surface area (Å²) in [5, 5.41) is 12.1. The highest BCUT2D eigenvalue weighted by atomic mass is 32.2. The van der Waals surface area contributed by atoms with Gasteiger partial charge in [0.05, 0.1) is 6.10 Å². The molecule has 1 aliphatic heterocycles. The summed E-state index contributed by atoms with van der Waals surface area (Å²) in [7, 11) is 1.93. The minimum atomic E-state index is -0.326. The van der Waals surface area contributed by atoms with E-state index in [4.69, 9.17) is 4.74 Å². The van der Waals surface area contributed by atoms with Gasteiger partial charge in [-0.2, -0.15) is 0 Å². The van der Waals surface area contributed by atoms with Gasteiger partial charge in [0.2, 0.25) is 5.91 Å². The molecule has 144 valence electrons. The molecule has 1 aliphatic rings. The van der Waals surface area contributed by atoms with Crippen LogP contribution in [0.1, 0.15) is 24.2 Å². The molecule has 2 heterocycles. The first-order valence-corrected chi connectivity index (χ1v) is 9.94. The zero-order valence-corrected chi connectivity index (χ0v) is 16.0. The number of carbonyl (C=O) groups is 1. The van der Waals surface area contributed by atoms with Crippen molar-refractivity contribution < 1.29 is 13.9 Å². The van der Waals surface area contributed by atoms with Crippen molar-refractivity contribution in [3.63, 3.8) is 0 Å². The molecule has 1 aromatic heterocycles. The summed E-state index contributed by atoms with van der Waals surface area (Å²) in [5.41, 5.74) is 0.645. The smallest absolute Gasteiger partial charge is 0.244 e. The fraction of sp³-hybridized carbons (Fsp3) is 0.421. The van der Waals surface area contributed by atoms with Gasteiger partial charge in [0.1, 0.15) is 11.6 Å². The van der Waals surface area contributed by atoms with E-state index in [0.717, 1.165) is 36.2 Å². The number of benzene rings is 1. The van der Waals surface area contributed by atoms with Gasteiger partial charge in [-0.15, -0.1) is 10.2 Å². The van der Waals surface area contributed by atoms with Gasteiger partial charge in [0.25, 0.3) is 0 Å². The number of hydrogen-bond donors (Lipinski definition) is 1. The lowest BCUT2D eigenvalue weighted by Gasteiger charge is -2.08. The Balaban J connectivity index is 1.42. The van der Waals surface area contributed by atoms with Crippen molar-refractivity contribution in [2.75, 3.05) is 18.9 Å². The maximum atomic E-state index is 13.1. The first kappa shape index (κ1) is 19.6. The molecule has 1 atom stereocenters. The summed E-state index contributed by atoms with van der Waals surface area (Å²) in [5.74, 6) is 1.15. The third kappa shape index (κ3) is 5.90. The highest BCUT2D eigenvalue weighted by molar-refractivity contribution is 7.99. The molecule has 1 N–H and O–H groups in total. The highest BCUT2D eigenvalue weighted by Gasteiger charge is 2.17. The quantitative estimate of drug-likeness (QED) is 0.554. The van der Waals surface area contributed by atoms with E-state index in [0.29, 0.717) is 24.6 Å². The Morgan fingerprint density at radius 1 is 1.48 bits per heavy atom. The second-order valence-electron chi connectivity index (χ2n) is 6.33. The Morgan fingerprint density at radius 3 is 3.15 bits per heavy atom. The number of ether oxygens (including phenoxy) is 1. The minimum absolute atomic E-state index is 0.227. The van der Waals surface area contributed by atoms with Crippen LogP contribution in [-0.2, 0) is 23.0 Å². The molecule has 1 fully saturated rings. The van der Waals surface area contributed by atoms with Crippen LogP contribution in [0.5, 0.6) is 0 Å². The SMILES string of the molecule is Cn1c(CCNC(=O)/C=C/c2cccc(F)c2)nnc1SC[C@H]1CCCO1. The van der Waals surface area contributed by atoms with Gasteiger partial charge in [-0.05, 0) is 36.6 Å². The molecule has 0 unspecified atom stereocenters. The summed E-state index contributed by atoms with van der Waals surface area (Å²) in [6.45, 7) is 1.30. The molecule has 27 heavy (non-hydrogen) atoms. The Bertz CT molecular complexity index is 803. The van der Waals surface area contributed by atoms with E-state index in [9.17, 15) is 9.18 Å². The van der Waals surface area contributed by atoms with Crippen LogP contribution in [0.3, 0.4) is 0 Å². The molecule has 2 aromatic rings. The zero-order valence-electron chi connectivity index (χ0n) is 15.2. The van der Waals surface area contributed by atoms with Gasteiger partial charge in [-0.25, -0.2) is 4.39 Å². The molecular formula is C19H23FN4O2S. The molecule has 6 nitrogen and oxygen atoms in total. The molecule has 0 bridgehead atoms. The van der Waals surface area contributed by atoms with E-state index in [1.165, 1.54) is 18.2 Å². The number of amides is 1. The lowest BCUT2D eigenvalue weighted by molar-refractivity contribution is -0.116. The van der Waals surface area contributed by atoms with Crippen LogP contribution >= 0.6 is 11.8 Å². The van der Waals surface area contributed by atoms with Crippen LogP contribution in [0.2, 0.25) is 0 Å². The van der Waals surface area contributed by atoms with Crippen LogP contribution in [-0.4, -0.2) is 45.7 Å². The third-order valence-electron chi connectivity index (χ3n) is 4.27. The maximum Gasteiger partial charge on any atom is 0.244 e. The number of nitrogens with one attached hydrogen (secondary N) is 1. The van der Waals surface area contributed by atoms with E-state index in [-0.39, 0.29) is 11.7 Å². The number of thioether (sulfide) groups is 1. The first-order chi connectivity index (χ1) is 13.1. The Morgan fingerprint density at radius 2 is 2.37 bits per heavy atom. The largest absolute Gasteiger partial charge is 0.377 e. The van der Waals surface area contributed by atoms with Gasteiger partial charge in [0, 0.05) is 38.4 Å². The van der Waals surface area contributed by atoms with Crippen molar-refractivity contribution in [3.8, 4) is 0 Å². The number of aromatic nitrogens is 3. The zero-order chi connectivity index (χ0) is 19.1. The number of carbonyl (C=O) groups excluding carboxylic acids is 1. The molecule has 3 rings (SSSR count). The van der Waals surface area contributed by atoms with Crippen LogP contribution in [0.4, 0.5) is 4.39 Å². The minimum Gasteiger partial charge on any atom is -0.377 e. The molecule has 1 amide bonds. The Kier molecular flexibility index (Phi) is 7.00. The highest BCUT2D eigenvalue weighted by Crippen LogP contribution is 2.22. The Hall–Kier alpha value is -2.19. The standard InChI is InChI=1S/C19H23FN4O2S/c1-24-17(22-23-19(24)27-13-16-6-3-11-26-16)9-10-21-18(25)8-7-14-4-2-5-15(20)12-14/h2,4-5,7-8,12,16H,3,6,9-11,13H2,1H3,(H,21,25)/b8-7+/t16-/m1/s1. The van der Waals surface area contributed by atoms with Crippen LogP contribution in [0.15, 0.2) is 35.5 Å². The monoisotopic (exact) mass is 390 g/mol. The van der Waals surface area contributed by atoms with Gasteiger partial charge >= 0.3 is 0 Å². The molecule has 1 saturated heterocycles. The molecule has 0 spiro atoms. The first-order valence-electron chi connectivity index (χ1n) is 8.96. The summed E-state index contributed by atoms with van der Waals surface area (Å²) < 4.78 is 20.7. The molecule has 0 aliphatic carbocycles. The number of halogens is 1. The van der Waals surface area contributed by atoms with Crippen molar-refractivity contribution >= 4 is 23.7 Å². The number of nitrogens with zero attached hydrogens (tertiary/aromatic N) is 3. The van der Waals surface area contributed by atoms with E-state index < -0.39 is 0 Å². The van der Waals surface area contributed by atoms with Gasteiger partial charge in [0.15, 0.2) is 5.16 Å². The van der Waals surface area contributed by atoms with E-state index in [1.54, 1.807) is 30.0 Å². The average molecular weight is 390 g/mol. The van der Waals surface area contributed by atoms with Crippen LogP contribution < -0.4 is 5.32 Å². The van der Waals surface area contributed by atoms with Crippen LogP contribution in [0, 0.1) is 5.82 Å². The third-order valence-corrected chi connectivity index (χ3v) is 5.42. The second-order valence-corrected chi connectivity index (χ2v) is 7.32. The van der Waals surface area contributed by atoms with Gasteiger partial charge in [-0.3, -0.25) is 4.79 Å². The normalized spacial score (nSPS) is 16.9.